The van der Waals surface area contributed by atoms with Crippen molar-refractivity contribution in [3.05, 3.63) is 0 Å². The highest BCUT2D eigenvalue weighted by Crippen LogP contribution is 2.14. The maximum atomic E-state index is 5.56. The van der Waals surface area contributed by atoms with E-state index in [4.69, 9.17) is 9.47 Å². The maximum absolute atomic E-state index is 5.56. The van der Waals surface area contributed by atoms with Gasteiger partial charge in [-0.15, -0.1) is 0 Å². The summed E-state index contributed by atoms with van der Waals surface area (Å²) in [4.78, 5) is 0. The van der Waals surface area contributed by atoms with Crippen LogP contribution in [0.2, 0.25) is 0 Å². The second kappa shape index (κ2) is 6.43. The SMILES string of the molecule is C1COC(CCNCC2COCCN2)C1. The molecule has 0 aromatic heterocycles. The standard InChI is InChI=1S/C11H22N2O2/c1-2-11(15-6-1)3-4-12-8-10-9-14-7-5-13-10/h10-13H,1-9H2. The van der Waals surface area contributed by atoms with E-state index in [9.17, 15) is 0 Å². The van der Waals surface area contributed by atoms with Crippen LogP contribution in [-0.4, -0.2) is 51.6 Å². The molecule has 0 radical (unpaired) electrons. The number of morpholine rings is 1. The third-order valence-electron chi connectivity index (χ3n) is 3.06. The zero-order valence-electron chi connectivity index (χ0n) is 9.34. The average molecular weight is 214 g/mol. The molecule has 0 aromatic carbocycles. The molecule has 2 N–H and O–H groups in total. The molecule has 4 nitrogen and oxygen atoms in total. The topological polar surface area (TPSA) is 42.5 Å². The Morgan fingerprint density at radius 3 is 3.07 bits per heavy atom. The Kier molecular flexibility index (Phi) is 4.86. The molecule has 4 heteroatoms. The van der Waals surface area contributed by atoms with Crippen LogP contribution in [0.15, 0.2) is 0 Å². The fourth-order valence-corrected chi connectivity index (χ4v) is 2.16. The van der Waals surface area contributed by atoms with Crippen molar-refractivity contribution in [1.29, 1.82) is 0 Å². The molecular weight excluding hydrogens is 192 g/mol. The molecule has 2 rings (SSSR count). The number of nitrogens with one attached hydrogen (secondary N) is 2. The first-order chi connectivity index (χ1) is 7.45. The second-order valence-corrected chi connectivity index (χ2v) is 4.35. The van der Waals surface area contributed by atoms with Gasteiger partial charge in [0.1, 0.15) is 0 Å². The largest absolute Gasteiger partial charge is 0.378 e. The van der Waals surface area contributed by atoms with E-state index in [1.165, 1.54) is 12.8 Å². The normalized spacial score (nSPS) is 32.0. The van der Waals surface area contributed by atoms with Crippen molar-refractivity contribution in [1.82, 2.24) is 10.6 Å². The Balaban J connectivity index is 1.47. The number of rotatable bonds is 5. The van der Waals surface area contributed by atoms with E-state index in [-0.39, 0.29) is 0 Å². The molecule has 15 heavy (non-hydrogen) atoms. The van der Waals surface area contributed by atoms with Gasteiger partial charge < -0.3 is 20.1 Å². The van der Waals surface area contributed by atoms with Gasteiger partial charge in [0, 0.05) is 25.7 Å². The van der Waals surface area contributed by atoms with E-state index in [1.807, 2.05) is 0 Å². The van der Waals surface area contributed by atoms with Crippen LogP contribution in [0.3, 0.4) is 0 Å². The fraction of sp³-hybridized carbons (Fsp3) is 1.00. The quantitative estimate of drug-likeness (QED) is 0.639. The van der Waals surface area contributed by atoms with Crippen LogP contribution in [0.5, 0.6) is 0 Å². The minimum absolute atomic E-state index is 0.489. The first kappa shape index (κ1) is 11.3. The van der Waals surface area contributed by atoms with Gasteiger partial charge in [0.2, 0.25) is 0 Å². The number of hydrogen-bond acceptors (Lipinski definition) is 4. The van der Waals surface area contributed by atoms with E-state index < -0.39 is 0 Å². The molecule has 2 aliphatic rings. The molecule has 0 saturated carbocycles. The molecule has 2 fully saturated rings. The molecular formula is C11H22N2O2. The van der Waals surface area contributed by atoms with Crippen LogP contribution in [0.1, 0.15) is 19.3 Å². The van der Waals surface area contributed by atoms with Gasteiger partial charge in [-0.05, 0) is 25.8 Å². The van der Waals surface area contributed by atoms with Gasteiger partial charge in [-0.25, -0.2) is 0 Å². The highest BCUT2D eigenvalue weighted by molar-refractivity contribution is 4.73. The molecule has 88 valence electrons. The molecule has 0 aliphatic carbocycles. The number of ether oxygens (including phenoxy) is 2. The lowest BCUT2D eigenvalue weighted by atomic mass is 10.2. The van der Waals surface area contributed by atoms with Gasteiger partial charge in [-0.3, -0.25) is 0 Å². The maximum Gasteiger partial charge on any atom is 0.0632 e. The highest BCUT2D eigenvalue weighted by atomic mass is 16.5. The van der Waals surface area contributed by atoms with Crippen molar-refractivity contribution in [2.75, 3.05) is 39.5 Å². The summed E-state index contributed by atoms with van der Waals surface area (Å²) in [6.07, 6.45) is 4.14. The van der Waals surface area contributed by atoms with Crippen molar-refractivity contribution >= 4 is 0 Å². The summed E-state index contributed by atoms with van der Waals surface area (Å²) < 4.78 is 11.0. The molecule has 2 unspecified atom stereocenters. The predicted octanol–water partition coefficient (Wildman–Crippen LogP) is 0.134. The molecule has 0 bridgehead atoms. The van der Waals surface area contributed by atoms with E-state index in [0.717, 1.165) is 45.9 Å². The van der Waals surface area contributed by atoms with E-state index in [2.05, 4.69) is 10.6 Å². The van der Waals surface area contributed by atoms with Crippen molar-refractivity contribution in [2.45, 2.75) is 31.4 Å². The molecule has 0 amide bonds. The minimum atomic E-state index is 0.489. The van der Waals surface area contributed by atoms with Gasteiger partial charge >= 0.3 is 0 Å². The van der Waals surface area contributed by atoms with Gasteiger partial charge in [-0.2, -0.15) is 0 Å². The molecule has 2 atom stereocenters. The van der Waals surface area contributed by atoms with Crippen molar-refractivity contribution in [2.24, 2.45) is 0 Å². The minimum Gasteiger partial charge on any atom is -0.378 e. The van der Waals surface area contributed by atoms with Gasteiger partial charge in [0.25, 0.3) is 0 Å². The van der Waals surface area contributed by atoms with E-state index in [0.29, 0.717) is 12.1 Å². The Morgan fingerprint density at radius 1 is 1.33 bits per heavy atom. The van der Waals surface area contributed by atoms with Gasteiger partial charge in [0.05, 0.1) is 19.3 Å². The van der Waals surface area contributed by atoms with E-state index >= 15 is 0 Å². The van der Waals surface area contributed by atoms with Crippen LogP contribution in [0.25, 0.3) is 0 Å². The first-order valence-electron chi connectivity index (χ1n) is 6.08. The Labute approximate surface area is 91.7 Å². The lowest BCUT2D eigenvalue weighted by Gasteiger charge is -2.24. The van der Waals surface area contributed by atoms with Crippen molar-refractivity contribution in [3.63, 3.8) is 0 Å². The van der Waals surface area contributed by atoms with Crippen LogP contribution in [0.4, 0.5) is 0 Å². The summed E-state index contributed by atoms with van der Waals surface area (Å²) in [5.41, 5.74) is 0. The fourth-order valence-electron chi connectivity index (χ4n) is 2.16. The molecule has 2 heterocycles. The van der Waals surface area contributed by atoms with Crippen LogP contribution in [0, 0.1) is 0 Å². The summed E-state index contributed by atoms with van der Waals surface area (Å²) in [5.74, 6) is 0. The smallest absolute Gasteiger partial charge is 0.0632 e. The average Bonchev–Trinajstić information content (AvgIpc) is 2.79. The summed E-state index contributed by atoms with van der Waals surface area (Å²) in [6, 6.07) is 0.489. The zero-order chi connectivity index (χ0) is 10.3. The predicted molar refractivity (Wildman–Crippen MR) is 59.1 cm³/mol. The Hall–Kier alpha value is -0.160. The summed E-state index contributed by atoms with van der Waals surface area (Å²) >= 11 is 0. The van der Waals surface area contributed by atoms with Crippen molar-refractivity contribution < 1.29 is 9.47 Å². The Bertz CT molecular complexity index is 166. The Morgan fingerprint density at radius 2 is 2.33 bits per heavy atom. The monoisotopic (exact) mass is 214 g/mol. The van der Waals surface area contributed by atoms with Crippen LogP contribution < -0.4 is 10.6 Å². The van der Waals surface area contributed by atoms with Gasteiger partial charge in [-0.1, -0.05) is 0 Å². The molecule has 0 aromatic rings. The summed E-state index contributed by atoms with van der Waals surface area (Å²) in [5, 5.41) is 6.89. The zero-order valence-corrected chi connectivity index (χ0v) is 9.34. The van der Waals surface area contributed by atoms with Gasteiger partial charge in [0.15, 0.2) is 0 Å². The highest BCUT2D eigenvalue weighted by Gasteiger charge is 2.15. The first-order valence-corrected chi connectivity index (χ1v) is 6.08. The number of hydrogen-bond donors (Lipinski definition) is 2. The molecule has 0 spiro atoms. The molecule has 2 saturated heterocycles. The third kappa shape index (κ3) is 4.07. The second-order valence-electron chi connectivity index (χ2n) is 4.35. The van der Waals surface area contributed by atoms with Crippen molar-refractivity contribution in [3.8, 4) is 0 Å². The summed E-state index contributed by atoms with van der Waals surface area (Å²) in [7, 11) is 0. The van der Waals surface area contributed by atoms with E-state index in [1.54, 1.807) is 0 Å². The third-order valence-corrected chi connectivity index (χ3v) is 3.06. The van der Waals surface area contributed by atoms with Crippen LogP contribution >= 0.6 is 0 Å². The van der Waals surface area contributed by atoms with Crippen LogP contribution in [-0.2, 0) is 9.47 Å². The summed E-state index contributed by atoms with van der Waals surface area (Å²) in [6.45, 7) is 5.70. The lowest BCUT2D eigenvalue weighted by molar-refractivity contribution is 0.0754. The lowest BCUT2D eigenvalue weighted by Crippen LogP contribution is -2.47. The molecule has 2 aliphatic heterocycles.